The van der Waals surface area contributed by atoms with Crippen molar-refractivity contribution >= 4 is 23.4 Å². The lowest BCUT2D eigenvalue weighted by molar-refractivity contribution is -0.133. The van der Waals surface area contributed by atoms with Gasteiger partial charge in [-0.2, -0.15) is 0 Å². The first-order valence-corrected chi connectivity index (χ1v) is 8.20. The van der Waals surface area contributed by atoms with Crippen molar-refractivity contribution < 1.29 is 14.3 Å². The fourth-order valence-electron chi connectivity index (χ4n) is 2.60. The number of halogens is 1. The highest BCUT2D eigenvalue weighted by atomic mass is 35.5. The van der Waals surface area contributed by atoms with E-state index in [0.717, 1.165) is 0 Å². The Morgan fingerprint density at radius 2 is 1.78 bits per heavy atom. The third kappa shape index (κ3) is 4.38. The standard InChI is InChI=1S/C17H23ClN2O3/c1-12(2)10-16(21)19-6-8-20(9-7-19)17(22)14-5-4-13(23-3)11-15(14)18/h4-5,11-12H,6-10H2,1-3H3. The summed E-state index contributed by atoms with van der Waals surface area (Å²) in [5, 5.41) is 0.382. The minimum Gasteiger partial charge on any atom is -0.497 e. The van der Waals surface area contributed by atoms with Crippen LogP contribution in [-0.2, 0) is 4.79 Å². The molecule has 1 saturated heterocycles. The van der Waals surface area contributed by atoms with Gasteiger partial charge >= 0.3 is 0 Å². The van der Waals surface area contributed by atoms with Crippen LogP contribution in [0.3, 0.4) is 0 Å². The summed E-state index contributed by atoms with van der Waals surface area (Å²) in [6.45, 7) is 6.28. The number of hydrogen-bond donors (Lipinski definition) is 0. The van der Waals surface area contributed by atoms with Crippen LogP contribution in [0, 0.1) is 5.92 Å². The maximum Gasteiger partial charge on any atom is 0.255 e. The average molecular weight is 339 g/mol. The molecule has 2 amide bonds. The summed E-state index contributed by atoms with van der Waals surface area (Å²) in [5.41, 5.74) is 0.467. The number of hydrogen-bond acceptors (Lipinski definition) is 3. The van der Waals surface area contributed by atoms with Crippen molar-refractivity contribution in [2.45, 2.75) is 20.3 Å². The molecule has 23 heavy (non-hydrogen) atoms. The van der Waals surface area contributed by atoms with Crippen molar-refractivity contribution in [2.75, 3.05) is 33.3 Å². The molecule has 0 saturated carbocycles. The molecule has 1 aromatic rings. The molecule has 0 N–H and O–H groups in total. The van der Waals surface area contributed by atoms with Crippen molar-refractivity contribution in [1.82, 2.24) is 9.80 Å². The molecule has 6 heteroatoms. The summed E-state index contributed by atoms with van der Waals surface area (Å²) < 4.78 is 5.09. The van der Waals surface area contributed by atoms with Gasteiger partial charge in [-0.1, -0.05) is 25.4 Å². The third-order valence-electron chi connectivity index (χ3n) is 3.91. The van der Waals surface area contributed by atoms with Crippen molar-refractivity contribution in [3.8, 4) is 5.75 Å². The minimum absolute atomic E-state index is 0.103. The first-order chi connectivity index (χ1) is 10.9. The molecule has 0 radical (unpaired) electrons. The second-order valence-electron chi connectivity index (χ2n) is 6.12. The van der Waals surface area contributed by atoms with Gasteiger partial charge in [-0.05, 0) is 24.1 Å². The monoisotopic (exact) mass is 338 g/mol. The predicted molar refractivity (Wildman–Crippen MR) is 89.9 cm³/mol. The summed E-state index contributed by atoms with van der Waals surface area (Å²) in [6, 6.07) is 5.04. The summed E-state index contributed by atoms with van der Waals surface area (Å²) in [7, 11) is 1.56. The molecular formula is C17H23ClN2O3. The van der Waals surface area contributed by atoms with Gasteiger partial charge in [-0.15, -0.1) is 0 Å². The molecule has 0 aromatic heterocycles. The number of methoxy groups -OCH3 is 1. The van der Waals surface area contributed by atoms with Crippen LogP contribution in [-0.4, -0.2) is 54.9 Å². The number of benzene rings is 1. The van der Waals surface area contributed by atoms with Gasteiger partial charge in [0.2, 0.25) is 5.91 Å². The molecule has 2 rings (SSSR count). The molecule has 0 bridgehead atoms. The SMILES string of the molecule is COc1ccc(C(=O)N2CCN(C(=O)CC(C)C)CC2)c(Cl)c1. The second kappa shape index (κ2) is 7.68. The molecule has 5 nitrogen and oxygen atoms in total. The third-order valence-corrected chi connectivity index (χ3v) is 4.22. The molecule has 1 heterocycles. The number of piperazine rings is 1. The van der Waals surface area contributed by atoms with E-state index in [2.05, 4.69) is 0 Å². The van der Waals surface area contributed by atoms with E-state index in [1.165, 1.54) is 0 Å². The van der Waals surface area contributed by atoms with E-state index in [9.17, 15) is 9.59 Å². The van der Waals surface area contributed by atoms with Gasteiger partial charge in [0.15, 0.2) is 0 Å². The normalized spacial score (nSPS) is 15.0. The van der Waals surface area contributed by atoms with Crippen molar-refractivity contribution in [2.24, 2.45) is 5.92 Å². The molecule has 1 aromatic carbocycles. The van der Waals surface area contributed by atoms with E-state index in [1.807, 2.05) is 18.7 Å². The van der Waals surface area contributed by atoms with Crippen LogP contribution >= 0.6 is 11.6 Å². The molecule has 1 fully saturated rings. The van der Waals surface area contributed by atoms with E-state index >= 15 is 0 Å². The van der Waals surface area contributed by atoms with Gasteiger partial charge in [0.1, 0.15) is 5.75 Å². The van der Waals surface area contributed by atoms with Gasteiger partial charge in [-0.3, -0.25) is 9.59 Å². The lowest BCUT2D eigenvalue weighted by Crippen LogP contribution is -2.50. The molecule has 1 aliphatic heterocycles. The van der Waals surface area contributed by atoms with Gasteiger partial charge in [0, 0.05) is 32.6 Å². The number of rotatable bonds is 4. The average Bonchev–Trinajstić information content (AvgIpc) is 2.53. The van der Waals surface area contributed by atoms with E-state index in [-0.39, 0.29) is 11.8 Å². The summed E-state index contributed by atoms with van der Waals surface area (Å²) in [4.78, 5) is 28.2. The number of carbonyl (C=O) groups is 2. The fraction of sp³-hybridized carbons (Fsp3) is 0.529. The Bertz CT molecular complexity index is 581. The Balaban J connectivity index is 1.97. The Morgan fingerprint density at radius 3 is 2.30 bits per heavy atom. The van der Waals surface area contributed by atoms with Crippen LogP contribution in [0.25, 0.3) is 0 Å². The van der Waals surface area contributed by atoms with E-state index in [4.69, 9.17) is 16.3 Å². The van der Waals surface area contributed by atoms with Crippen LogP contribution in [0.4, 0.5) is 0 Å². The van der Waals surface area contributed by atoms with E-state index < -0.39 is 0 Å². The fourth-order valence-corrected chi connectivity index (χ4v) is 2.86. The molecule has 1 aliphatic rings. The van der Waals surface area contributed by atoms with Crippen molar-refractivity contribution in [1.29, 1.82) is 0 Å². The number of ether oxygens (including phenoxy) is 1. The summed E-state index contributed by atoms with van der Waals surface area (Å²) >= 11 is 6.17. The predicted octanol–water partition coefficient (Wildman–Crippen LogP) is 2.68. The Hall–Kier alpha value is -1.75. The van der Waals surface area contributed by atoms with Crippen molar-refractivity contribution in [3.63, 3.8) is 0 Å². The van der Waals surface area contributed by atoms with Crippen LogP contribution in [0.5, 0.6) is 5.75 Å². The lowest BCUT2D eigenvalue weighted by atomic mass is 10.1. The zero-order valence-corrected chi connectivity index (χ0v) is 14.6. The Morgan fingerprint density at radius 1 is 1.17 bits per heavy atom. The van der Waals surface area contributed by atoms with Gasteiger partial charge < -0.3 is 14.5 Å². The van der Waals surface area contributed by atoms with Crippen LogP contribution in [0.2, 0.25) is 5.02 Å². The largest absolute Gasteiger partial charge is 0.497 e. The first-order valence-electron chi connectivity index (χ1n) is 7.83. The van der Waals surface area contributed by atoms with E-state index in [0.29, 0.717) is 54.9 Å². The van der Waals surface area contributed by atoms with E-state index in [1.54, 1.807) is 30.2 Å². The first kappa shape index (κ1) is 17.6. The highest BCUT2D eigenvalue weighted by Crippen LogP contribution is 2.24. The van der Waals surface area contributed by atoms with Crippen LogP contribution in [0.1, 0.15) is 30.6 Å². The molecule has 0 unspecified atom stereocenters. The molecule has 0 atom stereocenters. The zero-order chi connectivity index (χ0) is 17.0. The van der Waals surface area contributed by atoms with Gasteiger partial charge in [0.05, 0.1) is 17.7 Å². The highest BCUT2D eigenvalue weighted by molar-refractivity contribution is 6.34. The van der Waals surface area contributed by atoms with Gasteiger partial charge in [-0.25, -0.2) is 0 Å². The van der Waals surface area contributed by atoms with Crippen LogP contribution in [0.15, 0.2) is 18.2 Å². The lowest BCUT2D eigenvalue weighted by Gasteiger charge is -2.35. The Kier molecular flexibility index (Phi) is 5.88. The minimum atomic E-state index is -0.103. The maximum absolute atomic E-state index is 12.6. The number of amides is 2. The number of carbonyl (C=O) groups excluding carboxylic acids is 2. The maximum atomic E-state index is 12.6. The topological polar surface area (TPSA) is 49.9 Å². The number of nitrogens with zero attached hydrogens (tertiary/aromatic N) is 2. The van der Waals surface area contributed by atoms with Crippen LogP contribution < -0.4 is 4.74 Å². The molecule has 0 spiro atoms. The Labute approximate surface area is 142 Å². The molecular weight excluding hydrogens is 316 g/mol. The zero-order valence-electron chi connectivity index (χ0n) is 13.8. The smallest absolute Gasteiger partial charge is 0.255 e. The molecule has 0 aliphatic carbocycles. The summed E-state index contributed by atoms with van der Waals surface area (Å²) in [6.07, 6.45) is 0.554. The quantitative estimate of drug-likeness (QED) is 0.848. The van der Waals surface area contributed by atoms with Crippen molar-refractivity contribution in [3.05, 3.63) is 28.8 Å². The highest BCUT2D eigenvalue weighted by Gasteiger charge is 2.26. The second-order valence-corrected chi connectivity index (χ2v) is 6.52. The van der Waals surface area contributed by atoms with Gasteiger partial charge in [0.25, 0.3) is 5.91 Å². The summed E-state index contributed by atoms with van der Waals surface area (Å²) in [5.74, 6) is 1.03. The molecule has 126 valence electrons.